The van der Waals surface area contributed by atoms with Gasteiger partial charge in [0.05, 0.1) is 5.92 Å². The summed E-state index contributed by atoms with van der Waals surface area (Å²) in [5.74, 6) is -0.435. The zero-order valence-electron chi connectivity index (χ0n) is 10.4. The third kappa shape index (κ3) is 3.81. The highest BCUT2D eigenvalue weighted by Gasteiger charge is 2.31. The van der Waals surface area contributed by atoms with Gasteiger partial charge in [0.15, 0.2) is 0 Å². The van der Waals surface area contributed by atoms with Crippen LogP contribution < -0.4 is 0 Å². The van der Waals surface area contributed by atoms with Crippen LogP contribution in [0.15, 0.2) is 24.3 Å². The fourth-order valence-corrected chi connectivity index (χ4v) is 2.20. The molecular weight excluding hydrogens is 254 g/mol. The maximum absolute atomic E-state index is 11.3. The first-order chi connectivity index (χ1) is 8.45. The van der Waals surface area contributed by atoms with E-state index in [4.69, 9.17) is 11.6 Å². The first-order valence-corrected chi connectivity index (χ1v) is 6.21. The molecule has 5 heteroatoms. The van der Waals surface area contributed by atoms with Crippen molar-refractivity contribution in [2.24, 2.45) is 0 Å². The molecule has 2 atom stereocenters. The third-order valence-electron chi connectivity index (χ3n) is 2.96. The minimum atomic E-state index is -0.741. The van der Waals surface area contributed by atoms with E-state index in [1.807, 2.05) is 0 Å². The molecule has 0 unspecified atom stereocenters. The average Bonchev–Trinajstić information content (AvgIpc) is 2.28. The molecule has 1 aromatic rings. The molecule has 1 rings (SSSR count). The zero-order chi connectivity index (χ0) is 13.7. The highest BCUT2D eigenvalue weighted by molar-refractivity contribution is 6.30. The molecule has 18 heavy (non-hydrogen) atoms. The lowest BCUT2D eigenvalue weighted by Gasteiger charge is -2.19. The molecule has 0 spiro atoms. The Kier molecular flexibility index (Phi) is 5.28. The van der Waals surface area contributed by atoms with Crippen molar-refractivity contribution < 1.29 is 9.72 Å². The summed E-state index contributed by atoms with van der Waals surface area (Å²) >= 11 is 5.80. The van der Waals surface area contributed by atoms with Crippen molar-refractivity contribution >= 4 is 17.4 Å². The second-order valence-electron chi connectivity index (χ2n) is 4.33. The van der Waals surface area contributed by atoms with E-state index in [-0.39, 0.29) is 23.0 Å². The van der Waals surface area contributed by atoms with Gasteiger partial charge in [-0.3, -0.25) is 10.1 Å². The third-order valence-corrected chi connectivity index (χ3v) is 3.21. The summed E-state index contributed by atoms with van der Waals surface area (Å²) < 4.78 is 0. The normalized spacial score (nSPS) is 13.9. The number of halogens is 1. The van der Waals surface area contributed by atoms with Gasteiger partial charge in [-0.25, -0.2) is 0 Å². The Balaban J connectivity index is 3.07. The van der Waals surface area contributed by atoms with E-state index in [0.717, 1.165) is 5.56 Å². The number of nitrogens with zero attached hydrogens (tertiary/aromatic N) is 1. The van der Waals surface area contributed by atoms with Crippen molar-refractivity contribution in [3.63, 3.8) is 0 Å². The number of Topliss-reactive ketones (excluding diaryl/α,β-unsaturated/α-hetero) is 1. The van der Waals surface area contributed by atoms with Crippen LogP contribution in [0.3, 0.4) is 0 Å². The molecule has 0 fully saturated rings. The number of hydrogen-bond acceptors (Lipinski definition) is 3. The molecule has 0 aliphatic heterocycles. The first-order valence-electron chi connectivity index (χ1n) is 5.84. The largest absolute Gasteiger partial charge is 0.300 e. The fraction of sp³-hybridized carbons (Fsp3) is 0.462. The van der Waals surface area contributed by atoms with Crippen molar-refractivity contribution in [3.05, 3.63) is 45.0 Å². The average molecular weight is 270 g/mol. The second kappa shape index (κ2) is 6.50. The molecule has 0 N–H and O–H groups in total. The lowest BCUT2D eigenvalue weighted by atomic mass is 9.86. The lowest BCUT2D eigenvalue weighted by Crippen LogP contribution is -2.28. The standard InChI is InChI=1S/C13H16ClNO3/c1-3-13(15(17)18)12(8-9(2)16)10-4-6-11(14)7-5-10/h4-7,12-13H,3,8H2,1-2H3/t12-,13+/m1/s1. The Morgan fingerprint density at radius 1 is 1.39 bits per heavy atom. The van der Waals surface area contributed by atoms with Crippen LogP contribution in [-0.2, 0) is 4.79 Å². The van der Waals surface area contributed by atoms with Gasteiger partial charge in [-0.05, 0) is 24.6 Å². The van der Waals surface area contributed by atoms with Gasteiger partial charge < -0.3 is 4.79 Å². The summed E-state index contributed by atoms with van der Waals surface area (Å²) in [6.07, 6.45) is 0.578. The number of rotatable bonds is 6. The van der Waals surface area contributed by atoms with Crippen LogP contribution in [0.25, 0.3) is 0 Å². The molecule has 4 nitrogen and oxygen atoms in total. The van der Waals surface area contributed by atoms with Gasteiger partial charge in [0, 0.05) is 22.8 Å². The zero-order valence-corrected chi connectivity index (χ0v) is 11.2. The van der Waals surface area contributed by atoms with Crippen LogP contribution >= 0.6 is 11.6 Å². The fourth-order valence-electron chi connectivity index (χ4n) is 2.08. The summed E-state index contributed by atoms with van der Waals surface area (Å²) in [6.45, 7) is 3.21. The number of carbonyl (C=O) groups excluding carboxylic acids is 1. The molecule has 1 aromatic carbocycles. The van der Waals surface area contributed by atoms with Gasteiger partial charge in [-0.2, -0.15) is 0 Å². The van der Waals surface area contributed by atoms with Gasteiger partial charge in [0.2, 0.25) is 6.04 Å². The summed E-state index contributed by atoms with van der Waals surface area (Å²) in [5.41, 5.74) is 0.790. The smallest absolute Gasteiger partial charge is 0.220 e. The molecule has 0 aliphatic carbocycles. The van der Waals surface area contributed by atoms with Crippen molar-refractivity contribution in [2.75, 3.05) is 0 Å². The van der Waals surface area contributed by atoms with Crippen LogP contribution in [0.2, 0.25) is 5.02 Å². The van der Waals surface area contributed by atoms with Gasteiger partial charge in [-0.15, -0.1) is 0 Å². The maximum atomic E-state index is 11.3. The minimum absolute atomic E-state index is 0.0461. The number of hydrogen-bond donors (Lipinski definition) is 0. The molecule has 0 radical (unpaired) electrons. The van der Waals surface area contributed by atoms with Crippen LogP contribution in [0, 0.1) is 10.1 Å². The van der Waals surface area contributed by atoms with E-state index in [2.05, 4.69) is 0 Å². The highest BCUT2D eigenvalue weighted by Crippen LogP contribution is 2.28. The van der Waals surface area contributed by atoms with E-state index in [1.54, 1.807) is 31.2 Å². The highest BCUT2D eigenvalue weighted by atomic mass is 35.5. The number of carbonyl (C=O) groups is 1. The summed E-state index contributed by atoms with van der Waals surface area (Å²) in [4.78, 5) is 22.0. The van der Waals surface area contributed by atoms with Gasteiger partial charge in [-0.1, -0.05) is 30.7 Å². The molecule has 0 amide bonds. The molecule has 0 bridgehead atoms. The Bertz CT molecular complexity index is 430. The van der Waals surface area contributed by atoms with Crippen LogP contribution in [0.5, 0.6) is 0 Å². The van der Waals surface area contributed by atoms with E-state index >= 15 is 0 Å². The van der Waals surface area contributed by atoms with E-state index in [9.17, 15) is 14.9 Å². The number of ketones is 1. The number of nitro groups is 1. The minimum Gasteiger partial charge on any atom is -0.300 e. The monoisotopic (exact) mass is 269 g/mol. The summed E-state index contributed by atoms with van der Waals surface area (Å²) in [7, 11) is 0. The molecule has 0 aromatic heterocycles. The predicted molar refractivity (Wildman–Crippen MR) is 70.6 cm³/mol. The summed E-state index contributed by atoms with van der Waals surface area (Å²) in [6, 6.07) is 6.15. The molecule has 98 valence electrons. The Morgan fingerprint density at radius 3 is 2.33 bits per heavy atom. The van der Waals surface area contributed by atoms with Crippen LogP contribution in [-0.4, -0.2) is 16.7 Å². The first kappa shape index (κ1) is 14.6. The van der Waals surface area contributed by atoms with Crippen molar-refractivity contribution in [1.29, 1.82) is 0 Å². The number of benzene rings is 1. The van der Waals surface area contributed by atoms with Crippen molar-refractivity contribution in [3.8, 4) is 0 Å². The molecular formula is C13H16ClNO3. The Labute approximate surface area is 111 Å². The van der Waals surface area contributed by atoms with Crippen LogP contribution in [0.4, 0.5) is 0 Å². The summed E-state index contributed by atoms with van der Waals surface area (Å²) in [5, 5.41) is 11.6. The molecule has 0 heterocycles. The Morgan fingerprint density at radius 2 is 1.94 bits per heavy atom. The quantitative estimate of drug-likeness (QED) is 0.587. The second-order valence-corrected chi connectivity index (χ2v) is 4.76. The SMILES string of the molecule is CC[C@@H]([C@H](CC(C)=O)c1ccc(Cl)cc1)[N+](=O)[O-]. The van der Waals surface area contributed by atoms with Gasteiger partial charge >= 0.3 is 0 Å². The molecule has 0 saturated carbocycles. The van der Waals surface area contributed by atoms with Gasteiger partial charge in [0.25, 0.3) is 0 Å². The van der Waals surface area contributed by atoms with Crippen molar-refractivity contribution in [2.45, 2.75) is 38.6 Å². The lowest BCUT2D eigenvalue weighted by molar-refractivity contribution is -0.527. The van der Waals surface area contributed by atoms with Gasteiger partial charge in [0.1, 0.15) is 5.78 Å². The molecule has 0 saturated heterocycles. The molecule has 0 aliphatic rings. The van der Waals surface area contributed by atoms with E-state index < -0.39 is 6.04 Å². The van der Waals surface area contributed by atoms with E-state index in [0.29, 0.717) is 11.4 Å². The van der Waals surface area contributed by atoms with Crippen LogP contribution in [0.1, 0.15) is 38.2 Å². The Hall–Kier alpha value is -1.42. The van der Waals surface area contributed by atoms with Crippen molar-refractivity contribution in [1.82, 2.24) is 0 Å². The predicted octanol–water partition coefficient (Wildman–Crippen LogP) is 3.46. The van der Waals surface area contributed by atoms with E-state index in [1.165, 1.54) is 6.92 Å². The topological polar surface area (TPSA) is 60.2 Å². The maximum Gasteiger partial charge on any atom is 0.220 e.